The average Bonchev–Trinajstić information content (AvgIpc) is 3.07. The molecule has 0 bridgehead atoms. The topological polar surface area (TPSA) is 76.9 Å². The number of halogens is 1. The highest BCUT2D eigenvalue weighted by Gasteiger charge is 2.15. The van der Waals surface area contributed by atoms with Gasteiger partial charge in [0, 0.05) is 6.54 Å². The van der Waals surface area contributed by atoms with Gasteiger partial charge >= 0.3 is 0 Å². The molecule has 0 radical (unpaired) electrons. The fourth-order valence-corrected chi connectivity index (χ4v) is 3.40. The van der Waals surface area contributed by atoms with Crippen LogP contribution in [0.15, 0.2) is 60.0 Å². The second-order valence-corrected chi connectivity index (χ2v) is 7.07. The van der Waals surface area contributed by atoms with Gasteiger partial charge in [-0.2, -0.15) is 5.10 Å². The molecule has 124 valence electrons. The Hall–Kier alpha value is -2.58. The average molecular weight is 346 g/mol. The number of rotatable bonds is 5. The van der Waals surface area contributed by atoms with Gasteiger partial charge in [-0.05, 0) is 48.4 Å². The second kappa shape index (κ2) is 6.50. The Morgan fingerprint density at radius 2 is 2.04 bits per heavy atom. The van der Waals surface area contributed by atoms with Crippen LogP contribution in [-0.4, -0.2) is 23.2 Å². The number of benzene rings is 2. The summed E-state index contributed by atoms with van der Waals surface area (Å²) in [6, 6.07) is 10.9. The van der Waals surface area contributed by atoms with E-state index >= 15 is 0 Å². The zero-order valence-electron chi connectivity index (χ0n) is 12.8. The van der Waals surface area contributed by atoms with Crippen molar-refractivity contribution < 1.29 is 12.8 Å². The predicted octanol–water partition coefficient (Wildman–Crippen LogP) is 2.19. The van der Waals surface area contributed by atoms with E-state index in [-0.39, 0.29) is 11.4 Å². The zero-order chi connectivity index (χ0) is 17.2. The van der Waals surface area contributed by atoms with E-state index in [1.54, 1.807) is 36.1 Å². The minimum absolute atomic E-state index is 0.0838. The largest absolute Gasteiger partial charge is 0.240 e. The van der Waals surface area contributed by atoms with Crippen LogP contribution in [-0.2, 0) is 16.6 Å². The molecule has 0 aliphatic carbocycles. The van der Waals surface area contributed by atoms with Gasteiger partial charge in [0.2, 0.25) is 10.0 Å². The van der Waals surface area contributed by atoms with Crippen molar-refractivity contribution in [3.8, 4) is 5.69 Å². The van der Waals surface area contributed by atoms with Crippen molar-refractivity contribution in [1.29, 1.82) is 0 Å². The second-order valence-electron chi connectivity index (χ2n) is 5.30. The van der Waals surface area contributed by atoms with Gasteiger partial charge in [-0.25, -0.2) is 27.2 Å². The van der Waals surface area contributed by atoms with Crippen molar-refractivity contribution in [3.63, 3.8) is 0 Å². The Morgan fingerprint density at radius 3 is 2.75 bits per heavy atom. The van der Waals surface area contributed by atoms with Gasteiger partial charge in [0.25, 0.3) is 0 Å². The molecule has 0 fully saturated rings. The van der Waals surface area contributed by atoms with Crippen molar-refractivity contribution in [2.24, 2.45) is 0 Å². The summed E-state index contributed by atoms with van der Waals surface area (Å²) in [5.41, 5.74) is 2.06. The number of aromatic nitrogens is 3. The lowest BCUT2D eigenvalue weighted by Crippen LogP contribution is -2.23. The highest BCUT2D eigenvalue weighted by Crippen LogP contribution is 2.15. The summed E-state index contributed by atoms with van der Waals surface area (Å²) in [5.74, 6) is -0.580. The van der Waals surface area contributed by atoms with Gasteiger partial charge in [-0.3, -0.25) is 0 Å². The molecule has 3 aromatic rings. The van der Waals surface area contributed by atoms with Crippen LogP contribution in [0.1, 0.15) is 11.1 Å². The summed E-state index contributed by atoms with van der Waals surface area (Å²) in [5, 5.41) is 4.03. The van der Waals surface area contributed by atoms with Crippen molar-refractivity contribution in [2.75, 3.05) is 0 Å². The molecule has 0 unspecified atom stereocenters. The molecule has 0 spiro atoms. The molecule has 24 heavy (non-hydrogen) atoms. The zero-order valence-corrected chi connectivity index (χ0v) is 13.7. The van der Waals surface area contributed by atoms with Crippen LogP contribution in [0.2, 0.25) is 0 Å². The lowest BCUT2D eigenvalue weighted by Gasteiger charge is -2.09. The molecule has 8 heteroatoms. The van der Waals surface area contributed by atoms with Crippen LogP contribution in [0, 0.1) is 12.7 Å². The fraction of sp³-hybridized carbons (Fsp3) is 0.125. The summed E-state index contributed by atoms with van der Waals surface area (Å²) >= 11 is 0. The molecule has 1 aromatic heterocycles. The SMILES string of the molecule is Cc1cc(F)cc(S(=O)(=O)NCc2cccc(-n3cncn3)c2)c1. The van der Waals surface area contributed by atoms with Crippen molar-refractivity contribution >= 4 is 10.0 Å². The molecule has 0 saturated carbocycles. The van der Waals surface area contributed by atoms with Gasteiger partial charge in [-0.15, -0.1) is 0 Å². The monoisotopic (exact) mass is 346 g/mol. The summed E-state index contributed by atoms with van der Waals surface area (Å²) in [7, 11) is -3.79. The number of hydrogen-bond donors (Lipinski definition) is 1. The maximum absolute atomic E-state index is 13.4. The number of nitrogens with zero attached hydrogens (tertiary/aromatic N) is 3. The minimum Gasteiger partial charge on any atom is -0.223 e. The summed E-state index contributed by atoms with van der Waals surface area (Å²) in [4.78, 5) is 3.78. The van der Waals surface area contributed by atoms with E-state index in [1.807, 2.05) is 6.07 Å². The highest BCUT2D eigenvalue weighted by molar-refractivity contribution is 7.89. The number of nitrogens with one attached hydrogen (secondary N) is 1. The normalized spacial score (nSPS) is 11.6. The lowest BCUT2D eigenvalue weighted by atomic mass is 10.2. The molecule has 3 rings (SSSR count). The third kappa shape index (κ3) is 3.66. The number of aryl methyl sites for hydroxylation is 1. The molecule has 0 atom stereocenters. The molecule has 0 saturated heterocycles. The molecule has 0 amide bonds. The van der Waals surface area contributed by atoms with Crippen LogP contribution >= 0.6 is 0 Å². The third-order valence-electron chi connectivity index (χ3n) is 3.39. The van der Waals surface area contributed by atoms with E-state index in [1.165, 1.54) is 18.5 Å². The van der Waals surface area contributed by atoms with Crippen LogP contribution in [0.4, 0.5) is 4.39 Å². The third-order valence-corrected chi connectivity index (χ3v) is 4.77. The molecule has 0 aliphatic rings. The lowest BCUT2D eigenvalue weighted by molar-refractivity contribution is 0.577. The highest BCUT2D eigenvalue weighted by atomic mass is 32.2. The van der Waals surface area contributed by atoms with E-state index in [0.717, 1.165) is 17.3 Å². The first-order valence-corrected chi connectivity index (χ1v) is 8.63. The van der Waals surface area contributed by atoms with E-state index < -0.39 is 15.8 Å². The van der Waals surface area contributed by atoms with Gasteiger partial charge in [0.05, 0.1) is 10.6 Å². The smallest absolute Gasteiger partial charge is 0.223 e. The van der Waals surface area contributed by atoms with Crippen LogP contribution in [0.25, 0.3) is 5.69 Å². The molecule has 1 N–H and O–H groups in total. The van der Waals surface area contributed by atoms with E-state index in [9.17, 15) is 12.8 Å². The Balaban J connectivity index is 1.79. The van der Waals surface area contributed by atoms with Crippen LogP contribution < -0.4 is 4.72 Å². The summed E-state index contributed by atoms with van der Waals surface area (Å²) in [6.07, 6.45) is 2.97. The van der Waals surface area contributed by atoms with Crippen LogP contribution in [0.3, 0.4) is 0 Å². The van der Waals surface area contributed by atoms with Gasteiger partial charge in [0.15, 0.2) is 0 Å². The van der Waals surface area contributed by atoms with Crippen LogP contribution in [0.5, 0.6) is 0 Å². The first-order valence-electron chi connectivity index (χ1n) is 7.15. The van der Waals surface area contributed by atoms with Gasteiger partial charge < -0.3 is 0 Å². The fourth-order valence-electron chi connectivity index (χ4n) is 2.27. The van der Waals surface area contributed by atoms with Gasteiger partial charge in [-0.1, -0.05) is 12.1 Å². The van der Waals surface area contributed by atoms with Crippen molar-refractivity contribution in [1.82, 2.24) is 19.5 Å². The van der Waals surface area contributed by atoms with E-state index in [0.29, 0.717) is 5.56 Å². The quantitative estimate of drug-likeness (QED) is 0.768. The molecular weight excluding hydrogens is 331 g/mol. The Morgan fingerprint density at radius 1 is 1.21 bits per heavy atom. The summed E-state index contributed by atoms with van der Waals surface area (Å²) in [6.45, 7) is 1.73. The molecule has 6 nitrogen and oxygen atoms in total. The van der Waals surface area contributed by atoms with Crippen molar-refractivity contribution in [2.45, 2.75) is 18.4 Å². The standard InChI is InChI=1S/C16H15FN4O2S/c1-12-5-14(17)8-16(6-12)24(22,23)20-9-13-3-2-4-15(7-13)21-11-18-10-19-21/h2-8,10-11,20H,9H2,1H3. The Labute approximate surface area is 139 Å². The Kier molecular flexibility index (Phi) is 4.41. The van der Waals surface area contributed by atoms with Crippen molar-refractivity contribution in [3.05, 3.63) is 72.1 Å². The first kappa shape index (κ1) is 16.3. The maximum atomic E-state index is 13.4. The van der Waals surface area contributed by atoms with Gasteiger partial charge in [0.1, 0.15) is 18.5 Å². The number of sulfonamides is 1. The molecule has 2 aromatic carbocycles. The molecular formula is C16H15FN4O2S. The summed E-state index contributed by atoms with van der Waals surface area (Å²) < 4.78 is 42.1. The molecule has 0 aliphatic heterocycles. The van der Waals surface area contributed by atoms with E-state index in [2.05, 4.69) is 14.8 Å². The number of hydrogen-bond acceptors (Lipinski definition) is 4. The van der Waals surface area contributed by atoms with E-state index in [4.69, 9.17) is 0 Å². The molecule has 1 heterocycles. The predicted molar refractivity (Wildman–Crippen MR) is 86.5 cm³/mol. The Bertz CT molecular complexity index is 936. The maximum Gasteiger partial charge on any atom is 0.240 e. The minimum atomic E-state index is -3.79. The first-order chi connectivity index (χ1) is 11.4.